The Morgan fingerprint density at radius 1 is 1.19 bits per heavy atom. The molecule has 4 fully saturated rings. The van der Waals surface area contributed by atoms with Crippen molar-refractivity contribution in [2.75, 3.05) is 0 Å². The first kappa shape index (κ1) is 19.9. The van der Waals surface area contributed by atoms with Crippen LogP contribution in [0, 0.1) is 17.3 Å². The Kier molecular flexibility index (Phi) is 4.49. The second-order valence-corrected chi connectivity index (χ2v) is 9.94. The van der Waals surface area contributed by atoms with Crippen molar-refractivity contribution < 1.29 is 36.4 Å². The van der Waals surface area contributed by atoms with Gasteiger partial charge in [-0.3, -0.25) is 0 Å². The second kappa shape index (κ2) is 5.85. The van der Waals surface area contributed by atoms with Crippen molar-refractivity contribution in [2.45, 2.75) is 81.7 Å². The smallest absolute Gasteiger partial charge is 0.428 e. The van der Waals surface area contributed by atoms with Crippen LogP contribution in [0.25, 0.3) is 0 Å². The highest BCUT2D eigenvalue weighted by molar-refractivity contribution is 7.87. The Balaban J connectivity index is 1.93. The van der Waals surface area contributed by atoms with Crippen molar-refractivity contribution in [1.29, 1.82) is 0 Å². The maximum atomic E-state index is 13.6. The number of alkyl halides is 2. The van der Waals surface area contributed by atoms with Crippen molar-refractivity contribution in [3.8, 4) is 0 Å². The van der Waals surface area contributed by atoms with Crippen molar-refractivity contribution in [3.63, 3.8) is 0 Å². The van der Waals surface area contributed by atoms with Gasteiger partial charge >= 0.3 is 11.2 Å². The minimum Gasteiger partial charge on any atom is -0.743 e. The van der Waals surface area contributed by atoms with E-state index in [2.05, 4.69) is 0 Å². The van der Waals surface area contributed by atoms with Gasteiger partial charge in [-0.05, 0) is 63.2 Å². The lowest BCUT2D eigenvalue weighted by Gasteiger charge is -2.65. The number of rotatable bonds is 6. The third-order valence-corrected chi connectivity index (χ3v) is 7.82. The van der Waals surface area contributed by atoms with Gasteiger partial charge in [-0.2, -0.15) is 8.78 Å². The minimum absolute atomic E-state index is 0.131. The summed E-state index contributed by atoms with van der Waals surface area (Å²) >= 11 is 0. The summed E-state index contributed by atoms with van der Waals surface area (Å²) in [5.41, 5.74) is -2.75. The third-order valence-electron chi connectivity index (χ3n) is 7.03. The Bertz CT molecular complexity index is 686. The molecule has 0 amide bonds. The quantitative estimate of drug-likeness (QED) is 0.548. The van der Waals surface area contributed by atoms with Crippen LogP contribution in [-0.4, -0.2) is 40.5 Å². The van der Waals surface area contributed by atoms with E-state index in [1.165, 1.54) is 0 Å². The Labute approximate surface area is 152 Å². The van der Waals surface area contributed by atoms with Crippen molar-refractivity contribution in [3.05, 3.63) is 0 Å². The van der Waals surface area contributed by atoms with Crippen LogP contribution in [0.15, 0.2) is 0 Å². The summed E-state index contributed by atoms with van der Waals surface area (Å²) in [6.07, 6.45) is 4.35. The molecule has 4 saturated carbocycles. The van der Waals surface area contributed by atoms with Gasteiger partial charge < -0.3 is 14.4 Å². The summed E-state index contributed by atoms with van der Waals surface area (Å²) in [7, 11) is -6.15. The predicted octanol–water partition coefficient (Wildman–Crippen LogP) is 2.56. The molecule has 0 aromatic carbocycles. The van der Waals surface area contributed by atoms with E-state index in [1.54, 1.807) is 0 Å². The number of ether oxygens (including phenoxy) is 1. The minimum atomic E-state index is -6.15. The summed E-state index contributed by atoms with van der Waals surface area (Å²) < 4.78 is 64.6. The number of aliphatic hydroxyl groups is 1. The lowest BCUT2D eigenvalue weighted by Crippen LogP contribution is -2.65. The maximum absolute atomic E-state index is 13.6. The fraction of sp³-hybridized carbons (Fsp3) is 0.941. The molecule has 2 atom stereocenters. The summed E-state index contributed by atoms with van der Waals surface area (Å²) in [5, 5.41) is 6.10. The average molecular weight is 395 g/mol. The molecule has 0 aromatic heterocycles. The van der Waals surface area contributed by atoms with Crippen LogP contribution < -0.4 is 0 Å². The van der Waals surface area contributed by atoms with E-state index in [9.17, 15) is 31.7 Å². The maximum Gasteiger partial charge on any atom is 0.428 e. The zero-order chi connectivity index (χ0) is 19.6. The molecule has 2 unspecified atom stereocenters. The van der Waals surface area contributed by atoms with E-state index in [4.69, 9.17) is 4.74 Å². The molecule has 0 saturated heterocycles. The van der Waals surface area contributed by atoms with Gasteiger partial charge in [0.25, 0.3) is 0 Å². The SMILES string of the molecule is CCC(O)(CC)C12CC3CC(CC(OC(=O)C(F)(F)S(=O)(=O)[O-])(C3)C1)C2. The molecule has 150 valence electrons. The highest BCUT2D eigenvalue weighted by atomic mass is 32.2. The monoisotopic (exact) mass is 395 g/mol. The summed E-state index contributed by atoms with van der Waals surface area (Å²) in [5.74, 6) is -2.03. The highest BCUT2D eigenvalue weighted by Crippen LogP contribution is 2.67. The molecule has 4 aliphatic rings. The van der Waals surface area contributed by atoms with E-state index >= 15 is 0 Å². The predicted molar refractivity (Wildman–Crippen MR) is 86.1 cm³/mol. The van der Waals surface area contributed by atoms with Gasteiger partial charge in [0.05, 0.1) is 5.60 Å². The van der Waals surface area contributed by atoms with E-state index in [1.807, 2.05) is 13.8 Å². The van der Waals surface area contributed by atoms with Crippen molar-refractivity contribution in [1.82, 2.24) is 0 Å². The molecule has 0 spiro atoms. The van der Waals surface area contributed by atoms with Gasteiger partial charge in [0, 0.05) is 5.41 Å². The van der Waals surface area contributed by atoms with Gasteiger partial charge in [0.2, 0.25) is 0 Å². The Hall–Kier alpha value is -0.800. The molecule has 0 aromatic rings. The van der Waals surface area contributed by atoms with Crippen LogP contribution in [-0.2, 0) is 19.6 Å². The van der Waals surface area contributed by atoms with Gasteiger partial charge in [-0.15, -0.1) is 0 Å². The van der Waals surface area contributed by atoms with Crippen molar-refractivity contribution >= 4 is 16.1 Å². The largest absolute Gasteiger partial charge is 0.743 e. The normalized spacial score (nSPS) is 37.0. The number of carbonyl (C=O) groups excluding carboxylic acids is 1. The molecule has 4 rings (SSSR count). The lowest BCUT2D eigenvalue weighted by atomic mass is 9.43. The Morgan fingerprint density at radius 2 is 1.69 bits per heavy atom. The van der Waals surface area contributed by atoms with E-state index in [0.717, 1.165) is 19.3 Å². The van der Waals surface area contributed by atoms with Crippen LogP contribution >= 0.6 is 0 Å². The molecular weight excluding hydrogens is 370 g/mol. The highest BCUT2D eigenvalue weighted by Gasteiger charge is 2.66. The molecule has 9 heteroatoms. The number of hydrogen-bond donors (Lipinski definition) is 1. The fourth-order valence-corrected chi connectivity index (χ4v) is 6.45. The summed E-state index contributed by atoms with van der Waals surface area (Å²) in [6, 6.07) is 0. The zero-order valence-electron chi connectivity index (χ0n) is 15.0. The first-order valence-corrected chi connectivity index (χ1v) is 10.5. The first-order chi connectivity index (χ1) is 11.8. The molecular formula is C17H25F2O6S-. The van der Waals surface area contributed by atoms with Gasteiger partial charge in [0.1, 0.15) is 5.60 Å². The second-order valence-electron chi connectivity index (χ2n) is 8.52. The van der Waals surface area contributed by atoms with Gasteiger partial charge in [0.15, 0.2) is 10.1 Å². The molecule has 1 N–H and O–H groups in total. The third kappa shape index (κ3) is 2.77. The molecule has 26 heavy (non-hydrogen) atoms. The summed E-state index contributed by atoms with van der Waals surface area (Å²) in [4.78, 5) is 11.9. The number of hydrogen-bond acceptors (Lipinski definition) is 6. The van der Waals surface area contributed by atoms with Crippen LogP contribution in [0.4, 0.5) is 8.78 Å². The van der Waals surface area contributed by atoms with Crippen LogP contribution in [0.3, 0.4) is 0 Å². The number of carbonyl (C=O) groups is 1. The molecule has 4 aliphatic carbocycles. The van der Waals surface area contributed by atoms with Gasteiger partial charge in [-0.1, -0.05) is 13.8 Å². The first-order valence-electron chi connectivity index (χ1n) is 9.11. The zero-order valence-corrected chi connectivity index (χ0v) is 15.8. The molecule has 0 radical (unpaired) electrons. The van der Waals surface area contributed by atoms with E-state index in [-0.39, 0.29) is 18.3 Å². The van der Waals surface area contributed by atoms with E-state index in [0.29, 0.717) is 25.7 Å². The molecule has 0 heterocycles. The van der Waals surface area contributed by atoms with Crippen LogP contribution in [0.5, 0.6) is 0 Å². The molecule has 0 aliphatic heterocycles. The fourth-order valence-electron chi connectivity index (χ4n) is 6.20. The number of esters is 1. The van der Waals surface area contributed by atoms with Crippen molar-refractivity contribution in [2.24, 2.45) is 17.3 Å². The van der Waals surface area contributed by atoms with Crippen LogP contribution in [0.2, 0.25) is 0 Å². The molecule has 4 bridgehead atoms. The standard InChI is InChI=1S/C17H26F2O6S/c1-3-16(21,4-2)14-6-11-5-12(7-14)9-15(8-11,10-14)25-13(20)17(18,19)26(22,23)24/h11-12,21H,3-10H2,1-2H3,(H,22,23,24)/p-1. The topological polar surface area (TPSA) is 104 Å². The van der Waals surface area contributed by atoms with Crippen LogP contribution in [0.1, 0.15) is 65.2 Å². The Morgan fingerprint density at radius 3 is 2.12 bits per heavy atom. The average Bonchev–Trinajstić information content (AvgIpc) is 2.51. The summed E-state index contributed by atoms with van der Waals surface area (Å²) in [6.45, 7) is 3.75. The molecule has 6 nitrogen and oxygen atoms in total. The number of halogens is 2. The lowest BCUT2D eigenvalue weighted by molar-refractivity contribution is -0.248. The van der Waals surface area contributed by atoms with E-state index < -0.39 is 38.0 Å². The van der Waals surface area contributed by atoms with Gasteiger partial charge in [-0.25, -0.2) is 13.2 Å².